The van der Waals surface area contributed by atoms with Gasteiger partial charge in [-0.15, -0.1) is 21.5 Å². The smallest absolute Gasteiger partial charge is 0.223 e. The molecule has 0 unspecified atom stereocenters. The molecular weight excluding hydrogens is 324 g/mol. The largest absolute Gasteiger partial charge is 0.383 e. The summed E-state index contributed by atoms with van der Waals surface area (Å²) in [6.07, 6.45) is 1.68. The van der Waals surface area contributed by atoms with E-state index in [-0.39, 0.29) is 11.8 Å². The molecule has 1 saturated heterocycles. The first-order valence-electron chi connectivity index (χ1n) is 8.17. The Kier molecular flexibility index (Phi) is 5.77. The molecule has 0 atom stereocenters. The van der Waals surface area contributed by atoms with Gasteiger partial charge in [0.05, 0.1) is 11.5 Å². The molecule has 6 nitrogen and oxygen atoms in total. The molecule has 0 saturated carbocycles. The Bertz CT molecular complexity index is 637. The van der Waals surface area contributed by atoms with Crippen LogP contribution in [0.15, 0.2) is 29.6 Å². The molecule has 7 heteroatoms. The second-order valence-electron chi connectivity index (χ2n) is 5.80. The monoisotopic (exact) mass is 346 g/mol. The molecule has 3 rings (SSSR count). The number of hydrogen-bond acceptors (Lipinski definition) is 6. The number of ether oxygens (including phenoxy) is 1. The molecule has 2 aromatic rings. The van der Waals surface area contributed by atoms with E-state index >= 15 is 0 Å². The number of nitrogens with one attached hydrogen (secondary N) is 1. The van der Waals surface area contributed by atoms with Crippen molar-refractivity contribution < 1.29 is 9.53 Å². The highest BCUT2D eigenvalue weighted by Gasteiger charge is 2.25. The Morgan fingerprint density at radius 1 is 1.33 bits per heavy atom. The van der Waals surface area contributed by atoms with Crippen LogP contribution in [0.2, 0.25) is 0 Å². The van der Waals surface area contributed by atoms with Crippen LogP contribution in [-0.2, 0) is 9.53 Å². The average Bonchev–Trinajstić information content (AvgIpc) is 3.17. The minimum absolute atomic E-state index is 0.0801. The van der Waals surface area contributed by atoms with Crippen LogP contribution < -0.4 is 10.2 Å². The highest BCUT2D eigenvalue weighted by Crippen LogP contribution is 2.25. The van der Waals surface area contributed by atoms with Gasteiger partial charge in [0, 0.05) is 32.7 Å². The molecule has 1 aliphatic rings. The molecular formula is C17H22N4O2S. The van der Waals surface area contributed by atoms with E-state index in [4.69, 9.17) is 4.74 Å². The van der Waals surface area contributed by atoms with Crippen LogP contribution in [0, 0.1) is 5.92 Å². The standard InChI is InChI=1S/C17H22N4O2S/c1-23-11-8-18-17(22)13-6-9-21(10-7-13)16-5-4-14(19-20-16)15-3-2-12-24-15/h2-5,12-13H,6-11H2,1H3,(H,18,22). The normalized spacial score (nSPS) is 15.5. The molecule has 0 aliphatic carbocycles. The summed E-state index contributed by atoms with van der Waals surface area (Å²) in [6, 6.07) is 8.08. The number of nitrogens with zero attached hydrogens (tertiary/aromatic N) is 3. The van der Waals surface area contributed by atoms with Crippen LogP contribution >= 0.6 is 11.3 Å². The summed E-state index contributed by atoms with van der Waals surface area (Å²) >= 11 is 1.66. The van der Waals surface area contributed by atoms with Crippen molar-refractivity contribution in [3.8, 4) is 10.6 Å². The van der Waals surface area contributed by atoms with Gasteiger partial charge in [0.1, 0.15) is 5.69 Å². The van der Waals surface area contributed by atoms with Gasteiger partial charge in [-0.3, -0.25) is 4.79 Å². The van der Waals surface area contributed by atoms with E-state index in [1.54, 1.807) is 18.4 Å². The summed E-state index contributed by atoms with van der Waals surface area (Å²) in [5.74, 6) is 1.09. The third-order valence-electron chi connectivity index (χ3n) is 4.22. The first-order chi connectivity index (χ1) is 11.8. The van der Waals surface area contributed by atoms with Crippen molar-refractivity contribution in [1.29, 1.82) is 0 Å². The number of thiophene rings is 1. The van der Waals surface area contributed by atoms with Crippen LogP contribution in [0.5, 0.6) is 0 Å². The zero-order valence-corrected chi connectivity index (χ0v) is 14.6. The molecule has 128 valence electrons. The first kappa shape index (κ1) is 16.9. The summed E-state index contributed by atoms with van der Waals surface area (Å²) in [5.41, 5.74) is 0.904. The van der Waals surface area contributed by atoms with Crippen LogP contribution in [0.4, 0.5) is 5.82 Å². The Morgan fingerprint density at radius 3 is 2.79 bits per heavy atom. The summed E-state index contributed by atoms with van der Waals surface area (Å²) < 4.78 is 4.95. The number of anilines is 1. The lowest BCUT2D eigenvalue weighted by Gasteiger charge is -2.31. The fraction of sp³-hybridized carbons (Fsp3) is 0.471. The number of carbonyl (C=O) groups excluding carboxylic acids is 1. The van der Waals surface area contributed by atoms with E-state index in [0.717, 1.165) is 42.3 Å². The summed E-state index contributed by atoms with van der Waals surface area (Å²) in [5, 5.41) is 13.6. The molecule has 2 aromatic heterocycles. The topological polar surface area (TPSA) is 67.3 Å². The van der Waals surface area contributed by atoms with E-state index in [2.05, 4.69) is 20.4 Å². The fourth-order valence-corrected chi connectivity index (χ4v) is 3.53. The van der Waals surface area contributed by atoms with E-state index in [1.807, 2.05) is 29.6 Å². The minimum atomic E-state index is 0.0801. The molecule has 0 bridgehead atoms. The number of hydrogen-bond donors (Lipinski definition) is 1. The SMILES string of the molecule is COCCNC(=O)C1CCN(c2ccc(-c3cccs3)nn2)CC1. The van der Waals surface area contributed by atoms with Crippen LogP contribution in [0.25, 0.3) is 10.6 Å². The quantitative estimate of drug-likeness (QED) is 0.812. The number of amides is 1. The molecule has 3 heterocycles. The minimum Gasteiger partial charge on any atom is -0.383 e. The van der Waals surface area contributed by atoms with Gasteiger partial charge >= 0.3 is 0 Å². The fourth-order valence-electron chi connectivity index (χ4n) is 2.84. The van der Waals surface area contributed by atoms with Crippen molar-refractivity contribution >= 4 is 23.1 Å². The third kappa shape index (κ3) is 4.10. The number of carbonyl (C=O) groups is 1. The van der Waals surface area contributed by atoms with Crippen LogP contribution in [0.1, 0.15) is 12.8 Å². The van der Waals surface area contributed by atoms with Gasteiger partial charge in [-0.2, -0.15) is 0 Å². The van der Waals surface area contributed by atoms with Crippen molar-refractivity contribution in [3.63, 3.8) is 0 Å². The lowest BCUT2D eigenvalue weighted by Crippen LogP contribution is -2.41. The second kappa shape index (κ2) is 8.21. The highest BCUT2D eigenvalue weighted by molar-refractivity contribution is 7.13. The average molecular weight is 346 g/mol. The molecule has 1 amide bonds. The van der Waals surface area contributed by atoms with E-state index < -0.39 is 0 Å². The Morgan fingerprint density at radius 2 is 2.17 bits per heavy atom. The highest BCUT2D eigenvalue weighted by atomic mass is 32.1. The molecule has 1 fully saturated rings. The number of aromatic nitrogens is 2. The van der Waals surface area contributed by atoms with Crippen molar-refractivity contribution in [2.45, 2.75) is 12.8 Å². The third-order valence-corrected chi connectivity index (χ3v) is 5.11. The second-order valence-corrected chi connectivity index (χ2v) is 6.75. The molecule has 24 heavy (non-hydrogen) atoms. The zero-order chi connectivity index (χ0) is 16.8. The summed E-state index contributed by atoms with van der Waals surface area (Å²) in [6.45, 7) is 2.78. The number of methoxy groups -OCH3 is 1. The lowest BCUT2D eigenvalue weighted by molar-refractivity contribution is -0.125. The van der Waals surface area contributed by atoms with Gasteiger partial charge in [0.25, 0.3) is 0 Å². The predicted octanol–water partition coefficient (Wildman–Crippen LogP) is 2.18. The Balaban J connectivity index is 1.52. The van der Waals surface area contributed by atoms with Gasteiger partial charge in [-0.1, -0.05) is 6.07 Å². The molecule has 0 aromatic carbocycles. The van der Waals surface area contributed by atoms with Gasteiger partial charge in [0.2, 0.25) is 5.91 Å². The number of piperidine rings is 1. The lowest BCUT2D eigenvalue weighted by atomic mass is 9.96. The molecule has 0 spiro atoms. The van der Waals surface area contributed by atoms with Crippen LogP contribution in [0.3, 0.4) is 0 Å². The summed E-state index contributed by atoms with van der Waals surface area (Å²) in [4.78, 5) is 15.4. The van der Waals surface area contributed by atoms with E-state index in [9.17, 15) is 4.79 Å². The Hall–Kier alpha value is -1.99. The molecule has 0 radical (unpaired) electrons. The summed E-state index contributed by atoms with van der Waals surface area (Å²) in [7, 11) is 1.63. The maximum Gasteiger partial charge on any atom is 0.223 e. The van der Waals surface area contributed by atoms with E-state index in [0.29, 0.717) is 13.2 Å². The van der Waals surface area contributed by atoms with Crippen molar-refractivity contribution in [1.82, 2.24) is 15.5 Å². The molecule has 1 aliphatic heterocycles. The Labute approximate surface area is 145 Å². The maximum absolute atomic E-state index is 12.1. The maximum atomic E-state index is 12.1. The first-order valence-corrected chi connectivity index (χ1v) is 9.05. The van der Waals surface area contributed by atoms with Gasteiger partial charge in [-0.25, -0.2) is 0 Å². The zero-order valence-electron chi connectivity index (χ0n) is 13.8. The van der Waals surface area contributed by atoms with Crippen LogP contribution in [-0.4, -0.2) is 49.5 Å². The van der Waals surface area contributed by atoms with Gasteiger partial charge < -0.3 is 15.0 Å². The van der Waals surface area contributed by atoms with Gasteiger partial charge in [-0.05, 0) is 36.4 Å². The van der Waals surface area contributed by atoms with Crippen molar-refractivity contribution in [3.05, 3.63) is 29.6 Å². The van der Waals surface area contributed by atoms with E-state index in [1.165, 1.54) is 0 Å². The van der Waals surface area contributed by atoms with Gasteiger partial charge in [0.15, 0.2) is 5.82 Å². The van der Waals surface area contributed by atoms with Crippen molar-refractivity contribution in [2.75, 3.05) is 38.3 Å². The number of rotatable bonds is 6. The van der Waals surface area contributed by atoms with Crippen molar-refractivity contribution in [2.24, 2.45) is 5.92 Å². The predicted molar refractivity (Wildman–Crippen MR) is 95.2 cm³/mol. The molecule has 1 N–H and O–H groups in total.